The van der Waals surface area contributed by atoms with E-state index < -0.39 is 18.0 Å². The highest BCUT2D eigenvalue weighted by Gasteiger charge is 2.21. The first-order valence-electron chi connectivity index (χ1n) is 4.19. The molecule has 0 saturated carbocycles. The van der Waals surface area contributed by atoms with Crippen LogP contribution in [0.5, 0.6) is 5.75 Å². The van der Waals surface area contributed by atoms with Crippen LogP contribution in [0, 0.1) is 17.1 Å². The van der Waals surface area contributed by atoms with Crippen molar-refractivity contribution in [3.05, 3.63) is 29.6 Å². The summed E-state index contributed by atoms with van der Waals surface area (Å²) in [5, 5.41) is 26.8. The van der Waals surface area contributed by atoms with Gasteiger partial charge in [-0.05, 0) is 18.2 Å². The van der Waals surface area contributed by atoms with Gasteiger partial charge in [0.25, 0.3) is 0 Å². The van der Waals surface area contributed by atoms with Crippen molar-refractivity contribution >= 4 is 0 Å². The van der Waals surface area contributed by atoms with Gasteiger partial charge in [-0.3, -0.25) is 0 Å². The fourth-order valence-corrected chi connectivity index (χ4v) is 1.12. The topological polar surface area (TPSA) is 73.5 Å². The van der Waals surface area contributed by atoms with E-state index in [1.807, 2.05) is 0 Å². The molecule has 5 heteroatoms. The number of ether oxygens (including phenoxy) is 1. The summed E-state index contributed by atoms with van der Waals surface area (Å²) in [6, 6.07) is 5.14. The van der Waals surface area contributed by atoms with Crippen LogP contribution < -0.4 is 4.74 Å². The number of aliphatic hydroxyl groups excluding tert-OH is 2. The Morgan fingerprint density at radius 3 is 2.67 bits per heavy atom. The Morgan fingerprint density at radius 2 is 2.13 bits per heavy atom. The van der Waals surface area contributed by atoms with Gasteiger partial charge >= 0.3 is 0 Å². The molecule has 80 valence electrons. The first kappa shape index (κ1) is 11.4. The maximum Gasteiger partial charge on any atom is 0.170 e. The summed E-state index contributed by atoms with van der Waals surface area (Å²) < 4.78 is 18.0. The lowest BCUT2D eigenvalue weighted by molar-refractivity contribution is 0.0501. The minimum absolute atomic E-state index is 0.164. The third kappa shape index (κ3) is 2.43. The van der Waals surface area contributed by atoms with Crippen LogP contribution in [0.25, 0.3) is 0 Å². The lowest BCUT2D eigenvalue weighted by Crippen LogP contribution is -2.17. The highest BCUT2D eigenvalue weighted by Crippen LogP contribution is 2.24. The van der Waals surface area contributed by atoms with Crippen LogP contribution in [-0.2, 0) is 0 Å². The number of halogens is 1. The van der Waals surface area contributed by atoms with E-state index in [9.17, 15) is 9.50 Å². The lowest BCUT2D eigenvalue weighted by atomic mass is 10.0. The number of benzene rings is 1. The molecule has 0 aliphatic carbocycles. The van der Waals surface area contributed by atoms with Crippen molar-refractivity contribution in [3.8, 4) is 11.8 Å². The number of hydrogen-bond donors (Lipinski definition) is 2. The molecule has 0 amide bonds. The van der Waals surface area contributed by atoms with Crippen molar-refractivity contribution in [2.45, 2.75) is 12.2 Å². The predicted octanol–water partition coefficient (Wildman–Crippen LogP) is 0.752. The Bertz CT molecular complexity index is 389. The van der Waals surface area contributed by atoms with E-state index in [0.717, 1.165) is 6.07 Å². The van der Waals surface area contributed by atoms with Crippen molar-refractivity contribution in [2.75, 3.05) is 7.11 Å². The monoisotopic (exact) mass is 211 g/mol. The molecule has 0 saturated heterocycles. The zero-order chi connectivity index (χ0) is 11.4. The Kier molecular flexibility index (Phi) is 3.61. The fourth-order valence-electron chi connectivity index (χ4n) is 1.12. The summed E-state index contributed by atoms with van der Waals surface area (Å²) in [5.41, 5.74) is -0.164. The molecule has 0 fully saturated rings. The summed E-state index contributed by atoms with van der Waals surface area (Å²) in [6.45, 7) is 0. The van der Waals surface area contributed by atoms with Crippen molar-refractivity contribution in [3.63, 3.8) is 0 Å². The second kappa shape index (κ2) is 4.73. The van der Waals surface area contributed by atoms with Gasteiger partial charge in [-0.25, -0.2) is 4.39 Å². The lowest BCUT2D eigenvalue weighted by Gasteiger charge is -2.13. The molecule has 0 spiro atoms. The second-order valence-electron chi connectivity index (χ2n) is 2.91. The molecule has 15 heavy (non-hydrogen) atoms. The van der Waals surface area contributed by atoms with E-state index in [1.54, 1.807) is 0 Å². The molecule has 0 aliphatic rings. The fraction of sp³-hybridized carbons (Fsp3) is 0.300. The van der Waals surface area contributed by atoms with Gasteiger partial charge in [0.2, 0.25) is 0 Å². The van der Waals surface area contributed by atoms with E-state index in [2.05, 4.69) is 0 Å². The third-order valence-corrected chi connectivity index (χ3v) is 1.95. The van der Waals surface area contributed by atoms with Gasteiger partial charge < -0.3 is 14.9 Å². The van der Waals surface area contributed by atoms with Gasteiger partial charge in [-0.15, -0.1) is 0 Å². The summed E-state index contributed by atoms with van der Waals surface area (Å²) in [6.07, 6.45) is -3.24. The average molecular weight is 211 g/mol. The summed E-state index contributed by atoms with van der Waals surface area (Å²) in [7, 11) is 1.39. The van der Waals surface area contributed by atoms with Crippen molar-refractivity contribution < 1.29 is 19.3 Å². The second-order valence-corrected chi connectivity index (χ2v) is 2.91. The smallest absolute Gasteiger partial charge is 0.170 e. The van der Waals surface area contributed by atoms with Crippen molar-refractivity contribution in [1.29, 1.82) is 5.26 Å². The number of nitrogens with zero attached hydrogens (tertiary/aromatic N) is 1. The van der Waals surface area contributed by atoms with Crippen LogP contribution >= 0.6 is 0 Å². The maximum absolute atomic E-state index is 13.2. The van der Waals surface area contributed by atoms with Gasteiger partial charge in [-0.1, -0.05) is 0 Å². The minimum atomic E-state index is -1.66. The molecular formula is C10H10FNO3. The SMILES string of the molecule is COc1ccc(F)c(C(O)C(O)C#N)c1. The largest absolute Gasteiger partial charge is 0.497 e. The quantitative estimate of drug-likeness (QED) is 0.723. The standard InChI is InChI=1S/C10H10FNO3/c1-15-6-2-3-8(11)7(4-6)10(14)9(13)5-12/h2-4,9-10,13-14H,1H3. The summed E-state index contributed by atoms with van der Waals surface area (Å²) in [5.74, 6) is -0.354. The molecule has 2 atom stereocenters. The van der Waals surface area contributed by atoms with Crippen LogP contribution in [0.1, 0.15) is 11.7 Å². The number of rotatable bonds is 3. The number of methoxy groups -OCH3 is 1. The van der Waals surface area contributed by atoms with E-state index in [1.165, 1.54) is 25.3 Å². The van der Waals surface area contributed by atoms with Crippen LogP contribution in [0.15, 0.2) is 18.2 Å². The Morgan fingerprint density at radius 1 is 1.47 bits per heavy atom. The molecular weight excluding hydrogens is 201 g/mol. The average Bonchev–Trinajstić information content (AvgIpc) is 2.27. The zero-order valence-electron chi connectivity index (χ0n) is 8.01. The highest BCUT2D eigenvalue weighted by molar-refractivity contribution is 5.32. The number of aliphatic hydroxyl groups is 2. The molecule has 0 heterocycles. The summed E-state index contributed by atoms with van der Waals surface area (Å²) in [4.78, 5) is 0. The van der Waals surface area contributed by atoms with Gasteiger partial charge in [0, 0.05) is 5.56 Å². The molecule has 4 nitrogen and oxygen atoms in total. The third-order valence-electron chi connectivity index (χ3n) is 1.95. The van der Waals surface area contributed by atoms with Crippen molar-refractivity contribution in [2.24, 2.45) is 0 Å². The van der Waals surface area contributed by atoms with Crippen LogP contribution in [-0.4, -0.2) is 23.4 Å². The van der Waals surface area contributed by atoms with Crippen molar-refractivity contribution in [1.82, 2.24) is 0 Å². The molecule has 1 aromatic carbocycles. The Balaban J connectivity index is 3.07. The molecule has 0 aromatic heterocycles. The van der Waals surface area contributed by atoms with E-state index in [4.69, 9.17) is 15.1 Å². The molecule has 2 N–H and O–H groups in total. The highest BCUT2D eigenvalue weighted by atomic mass is 19.1. The molecule has 2 unspecified atom stereocenters. The first-order valence-corrected chi connectivity index (χ1v) is 4.19. The molecule has 1 rings (SSSR count). The maximum atomic E-state index is 13.2. The van der Waals surface area contributed by atoms with Gasteiger partial charge in [0.1, 0.15) is 17.7 Å². The van der Waals surface area contributed by atoms with Crippen LogP contribution in [0.2, 0.25) is 0 Å². The van der Waals surface area contributed by atoms with Crippen LogP contribution in [0.3, 0.4) is 0 Å². The van der Waals surface area contributed by atoms with E-state index >= 15 is 0 Å². The van der Waals surface area contributed by atoms with E-state index in [0.29, 0.717) is 5.75 Å². The molecule has 0 aliphatic heterocycles. The van der Waals surface area contributed by atoms with E-state index in [-0.39, 0.29) is 5.56 Å². The van der Waals surface area contributed by atoms with Gasteiger partial charge in [0.15, 0.2) is 6.10 Å². The zero-order valence-corrected chi connectivity index (χ0v) is 8.01. The summed E-state index contributed by atoms with van der Waals surface area (Å²) >= 11 is 0. The predicted molar refractivity (Wildman–Crippen MR) is 49.5 cm³/mol. The Labute approximate surface area is 86.2 Å². The number of hydrogen-bond acceptors (Lipinski definition) is 4. The van der Waals surface area contributed by atoms with Gasteiger partial charge in [-0.2, -0.15) is 5.26 Å². The van der Waals surface area contributed by atoms with Gasteiger partial charge in [0.05, 0.1) is 13.2 Å². The normalized spacial score (nSPS) is 14.1. The molecule has 0 radical (unpaired) electrons. The Hall–Kier alpha value is -1.64. The van der Waals surface area contributed by atoms with Crippen LogP contribution in [0.4, 0.5) is 4.39 Å². The molecule has 1 aromatic rings. The molecule has 0 bridgehead atoms. The number of nitriles is 1. The first-order chi connectivity index (χ1) is 7.10. The minimum Gasteiger partial charge on any atom is -0.497 e.